The Morgan fingerprint density at radius 3 is 2.90 bits per heavy atom. The normalized spacial score (nSPS) is 12.9. The van der Waals surface area contributed by atoms with Crippen molar-refractivity contribution in [3.8, 4) is 0 Å². The van der Waals surface area contributed by atoms with Crippen LogP contribution in [0.3, 0.4) is 0 Å². The van der Waals surface area contributed by atoms with Crippen LogP contribution in [-0.2, 0) is 13.5 Å². The lowest BCUT2D eigenvalue weighted by molar-refractivity contribution is 0.531. The molecule has 0 bridgehead atoms. The highest BCUT2D eigenvalue weighted by molar-refractivity contribution is 5.53. The predicted octanol–water partition coefficient (Wildman–Crippen LogP) is 1.66. The molecule has 6 heteroatoms. The minimum absolute atomic E-state index is 0.200. The van der Waals surface area contributed by atoms with Gasteiger partial charge in [-0.2, -0.15) is 10.2 Å². The monoisotopic (exact) mass is 284 g/mol. The highest BCUT2D eigenvalue weighted by Gasteiger charge is 2.18. The molecule has 3 aromatic heterocycles. The summed E-state index contributed by atoms with van der Waals surface area (Å²) < 4.78 is 3.81. The van der Waals surface area contributed by atoms with Crippen molar-refractivity contribution in [3.05, 3.63) is 47.8 Å². The topological polar surface area (TPSA) is 60.0 Å². The number of hydrogen-bond acceptors (Lipinski definition) is 4. The number of hydrogen-bond donors (Lipinski definition) is 1. The number of nitrogens with one attached hydrogen (secondary N) is 1. The molecule has 0 saturated heterocycles. The van der Waals surface area contributed by atoms with Gasteiger partial charge in [0.15, 0.2) is 0 Å². The van der Waals surface area contributed by atoms with E-state index >= 15 is 0 Å². The minimum atomic E-state index is 0.200. The lowest BCUT2D eigenvalue weighted by Gasteiger charge is -2.17. The van der Waals surface area contributed by atoms with E-state index in [-0.39, 0.29) is 6.04 Å². The zero-order chi connectivity index (χ0) is 14.8. The summed E-state index contributed by atoms with van der Waals surface area (Å²) in [6.07, 6.45) is 8.28. The van der Waals surface area contributed by atoms with E-state index in [4.69, 9.17) is 0 Å². The molecule has 3 heterocycles. The van der Waals surface area contributed by atoms with Crippen LogP contribution >= 0.6 is 0 Å². The van der Waals surface area contributed by atoms with Gasteiger partial charge in [0.1, 0.15) is 0 Å². The number of rotatable bonds is 5. The van der Waals surface area contributed by atoms with E-state index in [1.807, 2.05) is 41.8 Å². The van der Waals surface area contributed by atoms with Crippen LogP contribution in [0.4, 0.5) is 0 Å². The molecule has 0 fully saturated rings. The average molecular weight is 284 g/mol. The molecule has 0 aromatic carbocycles. The summed E-state index contributed by atoms with van der Waals surface area (Å²) in [7, 11) is 1.99. The summed E-state index contributed by atoms with van der Waals surface area (Å²) in [6, 6.07) is 2.33. The molecule has 1 atom stereocenters. The predicted molar refractivity (Wildman–Crippen MR) is 81.1 cm³/mol. The first kappa shape index (κ1) is 13.8. The van der Waals surface area contributed by atoms with Crippen molar-refractivity contribution in [3.63, 3.8) is 0 Å². The van der Waals surface area contributed by atoms with Crippen LogP contribution in [0.25, 0.3) is 5.52 Å². The zero-order valence-electron chi connectivity index (χ0n) is 12.6. The fraction of sp³-hybridized carbons (Fsp3) is 0.400. The summed E-state index contributed by atoms with van der Waals surface area (Å²) in [6.45, 7) is 5.04. The summed E-state index contributed by atoms with van der Waals surface area (Å²) in [5.74, 6) is 0. The highest BCUT2D eigenvalue weighted by atomic mass is 15.3. The van der Waals surface area contributed by atoms with Gasteiger partial charge in [0.25, 0.3) is 0 Å². The molecular formula is C15H20N6. The Hall–Kier alpha value is -2.21. The van der Waals surface area contributed by atoms with Gasteiger partial charge in [-0.05, 0) is 19.5 Å². The lowest BCUT2D eigenvalue weighted by atomic mass is 10.0. The molecule has 110 valence electrons. The number of nitrogens with zero attached hydrogens (tertiary/aromatic N) is 5. The van der Waals surface area contributed by atoms with Crippen LogP contribution in [0.1, 0.15) is 29.9 Å². The summed E-state index contributed by atoms with van der Waals surface area (Å²) >= 11 is 0. The number of aryl methyl sites for hydroxylation is 2. The standard InChI is InChI=1S/C15H20N6/c1-4-17-14(8-12-7-11(2)19-20(12)3)13-9-18-21-6-5-16-10-15(13)21/h5-7,9-10,14,17H,4,8H2,1-3H3. The zero-order valence-corrected chi connectivity index (χ0v) is 12.6. The van der Waals surface area contributed by atoms with E-state index in [2.05, 4.69) is 33.5 Å². The molecular weight excluding hydrogens is 264 g/mol. The van der Waals surface area contributed by atoms with E-state index in [1.54, 1.807) is 6.20 Å². The van der Waals surface area contributed by atoms with Gasteiger partial charge in [0, 0.05) is 43.2 Å². The highest BCUT2D eigenvalue weighted by Crippen LogP contribution is 2.22. The van der Waals surface area contributed by atoms with Gasteiger partial charge in [-0.15, -0.1) is 0 Å². The molecule has 3 rings (SSSR count). The van der Waals surface area contributed by atoms with Crippen LogP contribution in [0.5, 0.6) is 0 Å². The van der Waals surface area contributed by atoms with Gasteiger partial charge >= 0.3 is 0 Å². The average Bonchev–Trinajstić information content (AvgIpc) is 3.02. The van der Waals surface area contributed by atoms with Crippen molar-refractivity contribution in [2.24, 2.45) is 7.05 Å². The lowest BCUT2D eigenvalue weighted by Crippen LogP contribution is -2.23. The maximum absolute atomic E-state index is 4.42. The number of likely N-dealkylation sites (N-methyl/N-ethyl adjacent to an activating group) is 1. The third kappa shape index (κ3) is 2.67. The Balaban J connectivity index is 1.96. The van der Waals surface area contributed by atoms with Crippen LogP contribution in [0, 0.1) is 6.92 Å². The molecule has 0 radical (unpaired) electrons. The summed E-state index contributed by atoms with van der Waals surface area (Å²) in [5.41, 5.74) is 4.47. The van der Waals surface area contributed by atoms with Gasteiger partial charge in [0.2, 0.25) is 0 Å². The quantitative estimate of drug-likeness (QED) is 0.774. The Labute approximate surface area is 123 Å². The molecule has 0 saturated carbocycles. The fourth-order valence-electron chi connectivity index (χ4n) is 2.72. The maximum atomic E-state index is 4.42. The summed E-state index contributed by atoms with van der Waals surface area (Å²) in [5, 5.41) is 12.4. The van der Waals surface area contributed by atoms with E-state index in [0.29, 0.717) is 0 Å². The third-order valence-electron chi connectivity index (χ3n) is 3.69. The molecule has 1 unspecified atom stereocenters. The molecule has 3 aromatic rings. The van der Waals surface area contributed by atoms with Crippen LogP contribution in [0.15, 0.2) is 30.9 Å². The molecule has 0 amide bonds. The van der Waals surface area contributed by atoms with Crippen molar-refractivity contribution in [1.82, 2.24) is 29.7 Å². The first-order valence-electron chi connectivity index (χ1n) is 7.19. The Bertz CT molecular complexity index is 742. The number of aromatic nitrogens is 5. The van der Waals surface area contributed by atoms with E-state index < -0.39 is 0 Å². The van der Waals surface area contributed by atoms with E-state index in [9.17, 15) is 0 Å². The molecule has 0 spiro atoms. The van der Waals surface area contributed by atoms with Crippen LogP contribution in [-0.4, -0.2) is 30.9 Å². The first-order chi connectivity index (χ1) is 10.2. The van der Waals surface area contributed by atoms with Gasteiger partial charge in [-0.25, -0.2) is 4.52 Å². The summed E-state index contributed by atoms with van der Waals surface area (Å²) in [4.78, 5) is 4.21. The third-order valence-corrected chi connectivity index (χ3v) is 3.69. The van der Waals surface area contributed by atoms with Gasteiger partial charge in [-0.3, -0.25) is 9.67 Å². The van der Waals surface area contributed by atoms with Crippen molar-refractivity contribution in [2.75, 3.05) is 6.54 Å². The first-order valence-corrected chi connectivity index (χ1v) is 7.19. The van der Waals surface area contributed by atoms with Crippen molar-refractivity contribution in [1.29, 1.82) is 0 Å². The smallest absolute Gasteiger partial charge is 0.0892 e. The van der Waals surface area contributed by atoms with E-state index in [0.717, 1.165) is 24.2 Å². The maximum Gasteiger partial charge on any atom is 0.0892 e. The molecule has 0 aliphatic carbocycles. The molecule has 0 aliphatic rings. The number of fused-ring (bicyclic) bond motifs is 1. The van der Waals surface area contributed by atoms with Crippen LogP contribution in [0.2, 0.25) is 0 Å². The fourth-order valence-corrected chi connectivity index (χ4v) is 2.72. The largest absolute Gasteiger partial charge is 0.310 e. The van der Waals surface area contributed by atoms with Crippen molar-refractivity contribution in [2.45, 2.75) is 26.3 Å². The minimum Gasteiger partial charge on any atom is -0.310 e. The van der Waals surface area contributed by atoms with Gasteiger partial charge < -0.3 is 5.32 Å². The molecule has 1 N–H and O–H groups in total. The SMILES string of the molecule is CCNC(Cc1cc(C)nn1C)c1cnn2ccncc12. The van der Waals surface area contributed by atoms with Crippen molar-refractivity contribution < 1.29 is 0 Å². The molecule has 6 nitrogen and oxygen atoms in total. The second kappa shape index (κ2) is 5.65. The van der Waals surface area contributed by atoms with Gasteiger partial charge in [-0.1, -0.05) is 6.92 Å². The Morgan fingerprint density at radius 2 is 2.19 bits per heavy atom. The molecule has 21 heavy (non-hydrogen) atoms. The second-order valence-electron chi connectivity index (χ2n) is 5.22. The van der Waals surface area contributed by atoms with Crippen LogP contribution < -0.4 is 5.32 Å². The van der Waals surface area contributed by atoms with Gasteiger partial charge in [0.05, 0.1) is 23.6 Å². The van der Waals surface area contributed by atoms with E-state index in [1.165, 1.54) is 11.3 Å². The second-order valence-corrected chi connectivity index (χ2v) is 5.22. The Morgan fingerprint density at radius 1 is 1.33 bits per heavy atom. The van der Waals surface area contributed by atoms with Crippen molar-refractivity contribution >= 4 is 5.52 Å². The molecule has 0 aliphatic heterocycles. The Kier molecular flexibility index (Phi) is 3.70.